The van der Waals surface area contributed by atoms with Crippen LogP contribution in [0.4, 0.5) is 0 Å². The normalized spacial score (nSPS) is 18.9. The van der Waals surface area contributed by atoms with Crippen molar-refractivity contribution in [3.8, 4) is 0 Å². The molecule has 0 aliphatic carbocycles. The number of hydrogen-bond donors (Lipinski definition) is 1. The van der Waals surface area contributed by atoms with E-state index in [0.717, 1.165) is 12.8 Å². The predicted octanol–water partition coefficient (Wildman–Crippen LogP) is 0.991. The van der Waals surface area contributed by atoms with E-state index in [4.69, 9.17) is 4.74 Å². The molecule has 0 saturated carbocycles. The molecule has 2 rings (SSSR count). The molecule has 1 aliphatic heterocycles. The average molecular weight is 270 g/mol. The smallest absolute Gasteiger partial charge is 0.253 e. The van der Waals surface area contributed by atoms with Gasteiger partial charge < -0.3 is 4.74 Å². The summed E-state index contributed by atoms with van der Waals surface area (Å²) in [6.07, 6.45) is 1.92. The molecular formula is C12H18N2O3S. The van der Waals surface area contributed by atoms with Crippen LogP contribution in [0.2, 0.25) is 0 Å². The molecule has 1 aliphatic rings. The maximum atomic E-state index is 12.1. The second-order valence-electron chi connectivity index (χ2n) is 4.33. The first-order valence-electron chi connectivity index (χ1n) is 5.97. The van der Waals surface area contributed by atoms with Crippen LogP contribution in [-0.2, 0) is 14.8 Å². The van der Waals surface area contributed by atoms with Gasteiger partial charge in [-0.1, -0.05) is 18.2 Å². The van der Waals surface area contributed by atoms with E-state index in [0.29, 0.717) is 18.0 Å². The van der Waals surface area contributed by atoms with Crippen molar-refractivity contribution in [3.63, 3.8) is 0 Å². The highest BCUT2D eigenvalue weighted by atomic mass is 32.2. The van der Waals surface area contributed by atoms with Crippen molar-refractivity contribution in [1.82, 2.24) is 9.84 Å². The number of hydrazine groups is 1. The first-order chi connectivity index (χ1) is 8.62. The molecule has 1 saturated heterocycles. The van der Waals surface area contributed by atoms with Gasteiger partial charge in [-0.05, 0) is 25.0 Å². The number of hydrogen-bond acceptors (Lipinski definition) is 4. The minimum absolute atomic E-state index is 0.238. The van der Waals surface area contributed by atoms with Gasteiger partial charge in [-0.15, -0.1) is 4.83 Å². The van der Waals surface area contributed by atoms with E-state index in [2.05, 4.69) is 4.83 Å². The van der Waals surface area contributed by atoms with E-state index in [1.807, 2.05) is 0 Å². The highest BCUT2D eigenvalue weighted by Crippen LogP contribution is 2.13. The summed E-state index contributed by atoms with van der Waals surface area (Å²) in [5, 5.41) is 1.73. The maximum absolute atomic E-state index is 12.1. The van der Waals surface area contributed by atoms with Crippen LogP contribution in [0.1, 0.15) is 12.8 Å². The van der Waals surface area contributed by atoms with Crippen molar-refractivity contribution in [2.45, 2.75) is 23.8 Å². The Balaban J connectivity index is 1.98. The van der Waals surface area contributed by atoms with Crippen LogP contribution >= 0.6 is 0 Å². The van der Waals surface area contributed by atoms with Crippen LogP contribution < -0.4 is 4.83 Å². The number of benzene rings is 1. The average Bonchev–Trinajstić information content (AvgIpc) is 2.40. The fourth-order valence-corrected chi connectivity index (χ4v) is 3.15. The molecule has 0 radical (unpaired) electrons. The summed E-state index contributed by atoms with van der Waals surface area (Å²) < 4.78 is 29.4. The first kappa shape index (κ1) is 13.5. The summed E-state index contributed by atoms with van der Waals surface area (Å²) in [6.45, 7) is 1.34. The highest BCUT2D eigenvalue weighted by Gasteiger charge is 2.23. The molecule has 1 heterocycles. The monoisotopic (exact) mass is 270 g/mol. The number of rotatable bonds is 4. The zero-order valence-electron chi connectivity index (χ0n) is 10.4. The van der Waals surface area contributed by atoms with Crippen molar-refractivity contribution in [2.75, 3.05) is 20.2 Å². The molecule has 0 atom stereocenters. The van der Waals surface area contributed by atoms with Crippen LogP contribution in [0, 0.1) is 0 Å². The van der Waals surface area contributed by atoms with E-state index < -0.39 is 10.0 Å². The van der Waals surface area contributed by atoms with Crippen molar-refractivity contribution < 1.29 is 13.2 Å². The summed E-state index contributed by atoms with van der Waals surface area (Å²) in [6, 6.07) is 8.40. The molecule has 0 spiro atoms. The number of nitrogens with zero attached hydrogens (tertiary/aromatic N) is 1. The Labute approximate surface area is 108 Å². The second-order valence-corrected chi connectivity index (χ2v) is 5.99. The lowest BCUT2D eigenvalue weighted by Gasteiger charge is -2.30. The topological polar surface area (TPSA) is 58.6 Å². The Morgan fingerprint density at radius 2 is 1.83 bits per heavy atom. The van der Waals surface area contributed by atoms with E-state index in [9.17, 15) is 8.42 Å². The molecule has 100 valence electrons. The summed E-state index contributed by atoms with van der Waals surface area (Å²) in [4.78, 5) is 2.90. The van der Waals surface area contributed by atoms with Gasteiger partial charge in [-0.25, -0.2) is 13.4 Å². The molecule has 1 N–H and O–H groups in total. The summed E-state index contributed by atoms with van der Waals surface area (Å²) in [7, 11) is -1.76. The minimum Gasteiger partial charge on any atom is -0.381 e. The van der Waals surface area contributed by atoms with Crippen LogP contribution in [0.15, 0.2) is 35.2 Å². The van der Waals surface area contributed by atoms with Crippen molar-refractivity contribution in [2.24, 2.45) is 0 Å². The first-order valence-corrected chi connectivity index (χ1v) is 7.45. The molecule has 6 heteroatoms. The summed E-state index contributed by atoms with van der Waals surface area (Å²) in [5.74, 6) is 0. The Morgan fingerprint density at radius 3 is 2.39 bits per heavy atom. The molecule has 1 aromatic rings. The van der Waals surface area contributed by atoms with Gasteiger partial charge in [0.05, 0.1) is 11.0 Å². The van der Waals surface area contributed by atoms with E-state index in [1.54, 1.807) is 42.5 Å². The molecule has 1 aromatic carbocycles. The predicted molar refractivity (Wildman–Crippen MR) is 68.4 cm³/mol. The van der Waals surface area contributed by atoms with Gasteiger partial charge in [0.2, 0.25) is 0 Å². The van der Waals surface area contributed by atoms with E-state index in [-0.39, 0.29) is 6.10 Å². The third kappa shape index (κ3) is 3.29. The Hall–Kier alpha value is -0.950. The lowest BCUT2D eigenvalue weighted by atomic mass is 10.1. The van der Waals surface area contributed by atoms with Gasteiger partial charge in [-0.2, -0.15) is 0 Å². The number of methoxy groups -OCH3 is 1. The quantitative estimate of drug-likeness (QED) is 0.886. The molecule has 18 heavy (non-hydrogen) atoms. The van der Waals surface area contributed by atoms with Gasteiger partial charge in [0.25, 0.3) is 10.0 Å². The third-order valence-electron chi connectivity index (χ3n) is 3.08. The molecule has 0 bridgehead atoms. The second kappa shape index (κ2) is 5.79. The fraction of sp³-hybridized carbons (Fsp3) is 0.500. The van der Waals surface area contributed by atoms with Gasteiger partial charge >= 0.3 is 0 Å². The lowest BCUT2D eigenvalue weighted by Crippen LogP contribution is -2.47. The molecule has 1 fully saturated rings. The Morgan fingerprint density at radius 1 is 1.22 bits per heavy atom. The molecule has 0 unspecified atom stereocenters. The van der Waals surface area contributed by atoms with Crippen LogP contribution in [0.3, 0.4) is 0 Å². The van der Waals surface area contributed by atoms with Gasteiger partial charge in [0.15, 0.2) is 0 Å². The number of sulfonamides is 1. The molecule has 0 amide bonds. The van der Waals surface area contributed by atoms with Gasteiger partial charge in [0.1, 0.15) is 0 Å². The number of ether oxygens (including phenoxy) is 1. The highest BCUT2D eigenvalue weighted by molar-refractivity contribution is 7.89. The SMILES string of the molecule is COC1CCN(NS(=O)(=O)c2ccccc2)CC1. The number of nitrogens with one attached hydrogen (secondary N) is 1. The van der Waals surface area contributed by atoms with Crippen LogP contribution in [0.25, 0.3) is 0 Å². The van der Waals surface area contributed by atoms with Gasteiger partial charge in [-0.3, -0.25) is 0 Å². The zero-order valence-corrected chi connectivity index (χ0v) is 11.2. The fourth-order valence-electron chi connectivity index (χ4n) is 2.01. The van der Waals surface area contributed by atoms with E-state index >= 15 is 0 Å². The standard InChI is InChI=1S/C12H18N2O3S/c1-17-11-7-9-14(10-8-11)13-18(15,16)12-5-3-2-4-6-12/h2-6,11,13H,7-10H2,1H3. The Kier molecular flexibility index (Phi) is 4.34. The Bertz CT molecular complexity index is 467. The molecular weight excluding hydrogens is 252 g/mol. The summed E-state index contributed by atoms with van der Waals surface area (Å²) in [5.41, 5.74) is 0. The van der Waals surface area contributed by atoms with Crippen molar-refractivity contribution in [1.29, 1.82) is 0 Å². The van der Waals surface area contributed by atoms with Crippen LogP contribution in [0.5, 0.6) is 0 Å². The summed E-state index contributed by atoms with van der Waals surface area (Å²) >= 11 is 0. The minimum atomic E-state index is -3.45. The van der Waals surface area contributed by atoms with Crippen molar-refractivity contribution >= 4 is 10.0 Å². The maximum Gasteiger partial charge on any atom is 0.253 e. The zero-order chi connectivity index (χ0) is 13.0. The van der Waals surface area contributed by atoms with Crippen LogP contribution in [-0.4, -0.2) is 39.7 Å². The number of piperidine rings is 1. The molecule has 0 aromatic heterocycles. The third-order valence-corrected chi connectivity index (χ3v) is 4.47. The van der Waals surface area contributed by atoms with Gasteiger partial charge in [0, 0.05) is 20.2 Å². The largest absolute Gasteiger partial charge is 0.381 e. The van der Waals surface area contributed by atoms with Crippen molar-refractivity contribution in [3.05, 3.63) is 30.3 Å². The van der Waals surface area contributed by atoms with E-state index in [1.165, 1.54) is 0 Å². The lowest BCUT2D eigenvalue weighted by molar-refractivity contribution is 0.0343. The molecule has 5 nitrogen and oxygen atoms in total.